The van der Waals surface area contributed by atoms with Gasteiger partial charge in [-0.3, -0.25) is 4.79 Å². The fourth-order valence-corrected chi connectivity index (χ4v) is 7.65. The number of benzene rings is 3. The zero-order chi connectivity index (χ0) is 34.1. The molecule has 0 aromatic heterocycles. The number of amides is 2. The summed E-state index contributed by atoms with van der Waals surface area (Å²) in [6, 6.07) is 20.1. The fraction of sp³-hybridized carbons (Fsp3) is 0.343. The van der Waals surface area contributed by atoms with E-state index in [1.807, 2.05) is 37.3 Å². The standard InChI is InChI=1S/C35H39N3O8S/c1-6-45-31(40)29-30(47(43,44)27-18-12-23(2)13-19-27)28(25-14-16-26(39)17-15-25)37-21-20-35(32(41)38(29)37,22-24-10-8-7-9-11-24)36-33(42)46-34(3,4)5/h7-19,28,39H,6,20-22H2,1-5H3,(H,36,42). The summed E-state index contributed by atoms with van der Waals surface area (Å²) in [6.45, 7) is 8.48. The van der Waals surface area contributed by atoms with Crippen LogP contribution in [0.25, 0.3) is 0 Å². The normalized spacial score (nSPS) is 20.1. The van der Waals surface area contributed by atoms with Crippen molar-refractivity contribution >= 4 is 27.8 Å². The molecule has 11 nitrogen and oxygen atoms in total. The van der Waals surface area contributed by atoms with Crippen LogP contribution in [-0.4, -0.2) is 65.8 Å². The number of sulfone groups is 1. The molecule has 5 rings (SSSR count). The van der Waals surface area contributed by atoms with Crippen molar-refractivity contribution in [3.8, 4) is 5.75 Å². The Balaban J connectivity index is 1.74. The van der Waals surface area contributed by atoms with Crippen molar-refractivity contribution in [2.24, 2.45) is 0 Å². The van der Waals surface area contributed by atoms with Gasteiger partial charge in [0.15, 0.2) is 5.70 Å². The van der Waals surface area contributed by atoms with Gasteiger partial charge in [0.05, 0.1) is 17.5 Å². The minimum absolute atomic E-state index is 0.0380. The van der Waals surface area contributed by atoms with E-state index in [0.29, 0.717) is 5.56 Å². The lowest BCUT2D eigenvalue weighted by Crippen LogP contribution is -2.68. The fourth-order valence-electron chi connectivity index (χ4n) is 5.93. The minimum atomic E-state index is -4.43. The maximum absolute atomic E-state index is 15.0. The number of aromatic hydroxyl groups is 1. The van der Waals surface area contributed by atoms with Gasteiger partial charge in [0.1, 0.15) is 21.8 Å². The third kappa shape index (κ3) is 6.75. The van der Waals surface area contributed by atoms with E-state index in [-0.39, 0.29) is 41.5 Å². The average molecular weight is 662 g/mol. The Hall–Kier alpha value is -4.68. The molecule has 1 fully saturated rings. The van der Waals surface area contributed by atoms with E-state index >= 15 is 0 Å². The van der Waals surface area contributed by atoms with Crippen molar-refractivity contribution in [3.05, 3.63) is 106 Å². The lowest BCUT2D eigenvalue weighted by molar-refractivity contribution is -0.166. The SMILES string of the molecule is CCOC(=O)C1=C(S(=O)(=O)c2ccc(C)cc2)C(c2ccc(O)cc2)N2CCC(Cc3ccccc3)(NC(=O)OC(C)(C)C)C(=O)N12. The van der Waals surface area contributed by atoms with E-state index in [0.717, 1.165) is 16.1 Å². The molecule has 2 atom stereocenters. The van der Waals surface area contributed by atoms with Gasteiger partial charge in [-0.05, 0) is 76.4 Å². The Labute approximate surface area is 274 Å². The van der Waals surface area contributed by atoms with Gasteiger partial charge >= 0.3 is 12.1 Å². The summed E-state index contributed by atoms with van der Waals surface area (Å²) in [5.74, 6) is -1.77. The monoisotopic (exact) mass is 661 g/mol. The van der Waals surface area contributed by atoms with Crippen LogP contribution in [-0.2, 0) is 35.3 Å². The largest absolute Gasteiger partial charge is 0.508 e. The van der Waals surface area contributed by atoms with Crippen LogP contribution >= 0.6 is 0 Å². The first kappa shape index (κ1) is 33.7. The Kier molecular flexibility index (Phi) is 9.20. The summed E-state index contributed by atoms with van der Waals surface area (Å²) >= 11 is 0. The third-order valence-electron chi connectivity index (χ3n) is 8.01. The number of hydrazine groups is 1. The molecule has 0 spiro atoms. The van der Waals surface area contributed by atoms with Crippen molar-refractivity contribution in [3.63, 3.8) is 0 Å². The number of nitrogens with one attached hydrogen (secondary N) is 1. The van der Waals surface area contributed by atoms with E-state index in [2.05, 4.69) is 5.32 Å². The van der Waals surface area contributed by atoms with E-state index < -0.39 is 50.7 Å². The molecule has 12 heteroatoms. The second-order valence-electron chi connectivity index (χ2n) is 12.6. The second kappa shape index (κ2) is 12.8. The Morgan fingerprint density at radius 2 is 1.64 bits per heavy atom. The minimum Gasteiger partial charge on any atom is -0.508 e. The Morgan fingerprint density at radius 1 is 1.00 bits per heavy atom. The number of aryl methyl sites for hydroxylation is 1. The third-order valence-corrected chi connectivity index (χ3v) is 9.89. The molecule has 2 N–H and O–H groups in total. The summed E-state index contributed by atoms with van der Waals surface area (Å²) in [6.07, 6.45) is -0.742. The lowest BCUT2D eigenvalue weighted by Gasteiger charge is -2.46. The van der Waals surface area contributed by atoms with E-state index in [4.69, 9.17) is 9.47 Å². The van der Waals surface area contributed by atoms with Gasteiger partial charge in [-0.1, -0.05) is 60.2 Å². The molecule has 2 amide bonds. The van der Waals surface area contributed by atoms with Crippen LogP contribution in [0.15, 0.2) is 94.4 Å². The Morgan fingerprint density at radius 3 is 2.23 bits per heavy atom. The molecule has 3 aromatic rings. The zero-order valence-electron chi connectivity index (χ0n) is 27.0. The molecule has 47 heavy (non-hydrogen) atoms. The maximum Gasteiger partial charge on any atom is 0.408 e. The van der Waals surface area contributed by atoms with Crippen LogP contribution in [0.2, 0.25) is 0 Å². The maximum atomic E-state index is 15.0. The van der Waals surface area contributed by atoms with Crippen LogP contribution in [0, 0.1) is 6.92 Å². The van der Waals surface area contributed by atoms with Crippen LogP contribution in [0.3, 0.4) is 0 Å². The highest BCUT2D eigenvalue weighted by Gasteiger charge is 2.58. The van der Waals surface area contributed by atoms with Crippen molar-refractivity contribution in [2.75, 3.05) is 13.2 Å². The number of hydrogen-bond acceptors (Lipinski definition) is 9. The number of alkyl carbamates (subject to hydrolysis) is 1. The first-order valence-corrected chi connectivity index (χ1v) is 16.8. The summed E-state index contributed by atoms with van der Waals surface area (Å²) in [7, 11) is -4.43. The van der Waals surface area contributed by atoms with E-state index in [9.17, 15) is 27.9 Å². The smallest absolute Gasteiger partial charge is 0.408 e. The zero-order valence-corrected chi connectivity index (χ0v) is 27.8. The number of phenolic OH excluding ortho intramolecular Hbond substituents is 1. The van der Waals surface area contributed by atoms with Crippen molar-refractivity contribution in [1.29, 1.82) is 0 Å². The summed E-state index contributed by atoms with van der Waals surface area (Å²) in [5.41, 5.74) is -0.973. The van der Waals surface area contributed by atoms with Crippen LogP contribution < -0.4 is 5.32 Å². The van der Waals surface area contributed by atoms with Gasteiger partial charge in [-0.25, -0.2) is 28.0 Å². The highest BCUT2D eigenvalue weighted by atomic mass is 32.2. The number of phenols is 1. The van der Waals surface area contributed by atoms with Crippen LogP contribution in [0.1, 0.15) is 56.8 Å². The Bertz CT molecular complexity index is 1800. The van der Waals surface area contributed by atoms with E-state index in [1.165, 1.54) is 29.3 Å². The molecule has 2 aliphatic rings. The topological polar surface area (TPSA) is 143 Å². The summed E-state index contributed by atoms with van der Waals surface area (Å²) < 4.78 is 40.1. The highest BCUT2D eigenvalue weighted by molar-refractivity contribution is 7.95. The van der Waals surface area contributed by atoms with Crippen molar-refractivity contribution < 1.29 is 37.4 Å². The van der Waals surface area contributed by atoms with E-state index in [1.54, 1.807) is 52.0 Å². The van der Waals surface area contributed by atoms with Crippen LogP contribution in [0.4, 0.5) is 4.79 Å². The van der Waals surface area contributed by atoms with Gasteiger partial charge in [0, 0.05) is 13.0 Å². The van der Waals surface area contributed by atoms with Gasteiger partial charge in [-0.2, -0.15) is 0 Å². The molecule has 0 aliphatic carbocycles. The lowest BCUT2D eigenvalue weighted by atomic mass is 9.84. The van der Waals surface area contributed by atoms with Gasteiger partial charge < -0.3 is 19.9 Å². The van der Waals surface area contributed by atoms with Crippen LogP contribution in [0.5, 0.6) is 5.75 Å². The number of carbonyl (C=O) groups is 3. The van der Waals surface area contributed by atoms with Crippen molar-refractivity contribution in [2.45, 2.75) is 69.5 Å². The predicted molar refractivity (Wildman–Crippen MR) is 173 cm³/mol. The number of hydrogen-bond donors (Lipinski definition) is 2. The molecule has 2 aliphatic heterocycles. The van der Waals surface area contributed by atoms with Crippen molar-refractivity contribution in [1.82, 2.24) is 15.3 Å². The number of nitrogens with zero attached hydrogens (tertiary/aromatic N) is 2. The predicted octanol–water partition coefficient (Wildman–Crippen LogP) is 4.96. The molecule has 2 unspecified atom stereocenters. The average Bonchev–Trinajstić information content (AvgIpc) is 3.36. The highest BCUT2D eigenvalue weighted by Crippen LogP contribution is 2.49. The number of carbonyl (C=O) groups excluding carboxylic acids is 3. The quantitative estimate of drug-likeness (QED) is 0.320. The summed E-state index contributed by atoms with van der Waals surface area (Å²) in [5, 5.41) is 15.4. The molecule has 0 saturated carbocycles. The molecule has 0 bridgehead atoms. The van der Waals surface area contributed by atoms with Gasteiger partial charge in [0.25, 0.3) is 5.91 Å². The number of esters is 1. The first-order valence-electron chi connectivity index (χ1n) is 15.3. The van der Waals surface area contributed by atoms with Gasteiger partial charge in [0.2, 0.25) is 9.84 Å². The molecule has 2 heterocycles. The number of ether oxygens (including phenoxy) is 2. The number of rotatable bonds is 8. The second-order valence-corrected chi connectivity index (χ2v) is 14.6. The molecule has 0 radical (unpaired) electrons. The molecular weight excluding hydrogens is 622 g/mol. The summed E-state index contributed by atoms with van der Waals surface area (Å²) in [4.78, 5) is 41.7. The molecule has 3 aromatic carbocycles. The first-order chi connectivity index (χ1) is 22.2. The molecule has 248 valence electrons. The van der Waals surface area contributed by atoms with Gasteiger partial charge in [-0.15, -0.1) is 0 Å². The number of fused-ring (bicyclic) bond motifs is 1. The molecule has 1 saturated heterocycles. The molecular formula is C35H39N3O8S.